The Kier molecular flexibility index (Phi) is 6.63. The van der Waals surface area contributed by atoms with Crippen LogP contribution in [0.1, 0.15) is 40.5 Å². The van der Waals surface area contributed by atoms with Gasteiger partial charge in [-0.15, -0.1) is 0 Å². The van der Waals surface area contributed by atoms with E-state index in [0.717, 1.165) is 5.69 Å². The Morgan fingerprint density at radius 1 is 1.11 bits per heavy atom. The number of carbonyl (C=O) groups is 3. The van der Waals surface area contributed by atoms with Crippen LogP contribution >= 0.6 is 0 Å². The summed E-state index contributed by atoms with van der Waals surface area (Å²) in [6.45, 7) is 8.37. The molecule has 1 aromatic rings. The van der Waals surface area contributed by atoms with Crippen LogP contribution in [0.15, 0.2) is 30.3 Å². The van der Waals surface area contributed by atoms with Crippen LogP contribution in [0.4, 0.5) is 5.69 Å². The highest BCUT2D eigenvalue weighted by Crippen LogP contribution is 2.25. The van der Waals surface area contributed by atoms with Crippen molar-refractivity contribution in [3.63, 3.8) is 0 Å². The summed E-state index contributed by atoms with van der Waals surface area (Å²) in [7, 11) is 1.67. The fraction of sp³-hybridized carbons (Fsp3) is 0.571. The van der Waals surface area contributed by atoms with Gasteiger partial charge in [-0.05, 0) is 31.9 Å². The fourth-order valence-electron chi connectivity index (χ4n) is 3.17. The second-order valence-corrected chi connectivity index (χ2v) is 8.13. The molecule has 27 heavy (non-hydrogen) atoms. The van der Waals surface area contributed by atoms with E-state index < -0.39 is 11.5 Å². The second kappa shape index (κ2) is 8.55. The summed E-state index contributed by atoms with van der Waals surface area (Å²) in [5, 5.41) is 0. The third kappa shape index (κ3) is 5.31. The van der Waals surface area contributed by atoms with Crippen LogP contribution in [0, 0.1) is 11.3 Å². The predicted octanol–water partition coefficient (Wildman–Crippen LogP) is 2.87. The van der Waals surface area contributed by atoms with E-state index in [1.54, 1.807) is 14.0 Å². The zero-order valence-corrected chi connectivity index (χ0v) is 16.9. The van der Waals surface area contributed by atoms with E-state index in [9.17, 15) is 14.4 Å². The van der Waals surface area contributed by atoms with Crippen molar-refractivity contribution in [2.45, 2.75) is 46.6 Å². The van der Waals surface area contributed by atoms with Gasteiger partial charge >= 0.3 is 5.97 Å². The molecule has 0 aliphatic carbocycles. The summed E-state index contributed by atoms with van der Waals surface area (Å²) >= 11 is 0. The Balaban J connectivity index is 1.87. The molecule has 2 rings (SSSR count). The summed E-state index contributed by atoms with van der Waals surface area (Å²) < 4.78 is 5.42. The molecule has 6 nitrogen and oxygen atoms in total. The van der Waals surface area contributed by atoms with Gasteiger partial charge in [0.05, 0.1) is 5.92 Å². The van der Waals surface area contributed by atoms with Crippen LogP contribution in [0.2, 0.25) is 0 Å². The smallest absolute Gasteiger partial charge is 0.309 e. The van der Waals surface area contributed by atoms with Crippen molar-refractivity contribution in [1.82, 2.24) is 4.90 Å². The normalized spacial score (nSPS) is 16.6. The third-order valence-corrected chi connectivity index (χ3v) is 4.87. The summed E-state index contributed by atoms with van der Waals surface area (Å²) in [5.74, 6) is -0.802. The van der Waals surface area contributed by atoms with Crippen molar-refractivity contribution in [3.05, 3.63) is 30.3 Å². The molecule has 2 amide bonds. The van der Waals surface area contributed by atoms with Gasteiger partial charge in [-0.3, -0.25) is 14.4 Å². The van der Waals surface area contributed by atoms with E-state index in [0.29, 0.717) is 25.9 Å². The van der Waals surface area contributed by atoms with Gasteiger partial charge in [0.15, 0.2) is 6.10 Å². The van der Waals surface area contributed by atoms with E-state index in [2.05, 4.69) is 0 Å². The summed E-state index contributed by atoms with van der Waals surface area (Å²) in [6.07, 6.45) is 0.281. The monoisotopic (exact) mass is 374 g/mol. The average Bonchev–Trinajstić information content (AvgIpc) is 2.66. The Bertz CT molecular complexity index is 673. The number of hydrogen-bond acceptors (Lipinski definition) is 4. The minimum absolute atomic E-state index is 0.0994. The van der Waals surface area contributed by atoms with Gasteiger partial charge in [0, 0.05) is 31.2 Å². The zero-order chi connectivity index (χ0) is 20.2. The molecule has 0 radical (unpaired) electrons. The number of para-hydroxylation sites is 1. The minimum atomic E-state index is -0.850. The van der Waals surface area contributed by atoms with Crippen LogP contribution in [0.3, 0.4) is 0 Å². The van der Waals surface area contributed by atoms with Gasteiger partial charge in [-0.25, -0.2) is 0 Å². The van der Waals surface area contributed by atoms with Gasteiger partial charge in [0.1, 0.15) is 0 Å². The number of rotatable bonds is 4. The minimum Gasteiger partial charge on any atom is -0.452 e. The number of benzene rings is 1. The van der Waals surface area contributed by atoms with Crippen LogP contribution < -0.4 is 4.90 Å². The molecular weight excluding hydrogens is 344 g/mol. The molecule has 1 fully saturated rings. The molecule has 1 atom stereocenters. The maximum atomic E-state index is 12.5. The number of anilines is 1. The van der Waals surface area contributed by atoms with Crippen LogP contribution in [-0.4, -0.2) is 48.9 Å². The number of amides is 2. The summed E-state index contributed by atoms with van der Waals surface area (Å²) in [5.41, 5.74) is 0.329. The number of nitrogens with zero attached hydrogens (tertiary/aromatic N) is 2. The molecule has 1 unspecified atom stereocenters. The molecule has 0 saturated carbocycles. The lowest BCUT2D eigenvalue weighted by Gasteiger charge is -2.35. The standard InChI is InChI=1S/C21H30N2O4/c1-15(18(24)22(5)17-9-7-6-8-10-17)27-19(25)16-11-13-23(14-12-16)20(26)21(2,3)4/h6-10,15-16H,11-14H2,1-5H3. The van der Waals surface area contributed by atoms with Gasteiger partial charge in [-0.1, -0.05) is 39.0 Å². The van der Waals surface area contributed by atoms with Crippen molar-refractivity contribution < 1.29 is 19.1 Å². The van der Waals surface area contributed by atoms with E-state index in [1.165, 1.54) is 4.90 Å². The van der Waals surface area contributed by atoms with Gasteiger partial charge in [0.25, 0.3) is 5.91 Å². The van der Waals surface area contributed by atoms with E-state index in [1.807, 2.05) is 56.0 Å². The van der Waals surface area contributed by atoms with Gasteiger partial charge in [-0.2, -0.15) is 0 Å². The first-order valence-corrected chi connectivity index (χ1v) is 9.43. The first kappa shape index (κ1) is 20.9. The molecule has 1 aromatic carbocycles. The number of hydrogen-bond donors (Lipinski definition) is 0. The lowest BCUT2D eigenvalue weighted by atomic mass is 9.91. The zero-order valence-electron chi connectivity index (χ0n) is 16.9. The van der Waals surface area contributed by atoms with Crippen LogP contribution in [0.25, 0.3) is 0 Å². The molecule has 0 spiro atoms. The Labute approximate surface area is 161 Å². The van der Waals surface area contributed by atoms with E-state index in [4.69, 9.17) is 4.74 Å². The van der Waals surface area contributed by atoms with Crippen molar-refractivity contribution in [2.75, 3.05) is 25.0 Å². The first-order chi connectivity index (χ1) is 12.6. The molecule has 1 saturated heterocycles. The maximum absolute atomic E-state index is 12.5. The molecule has 0 aromatic heterocycles. The maximum Gasteiger partial charge on any atom is 0.309 e. The molecule has 0 N–H and O–H groups in total. The Morgan fingerprint density at radius 2 is 1.67 bits per heavy atom. The van der Waals surface area contributed by atoms with Crippen molar-refractivity contribution >= 4 is 23.5 Å². The second-order valence-electron chi connectivity index (χ2n) is 8.13. The van der Waals surface area contributed by atoms with Crippen LogP contribution in [0.5, 0.6) is 0 Å². The van der Waals surface area contributed by atoms with E-state index in [-0.39, 0.29) is 23.7 Å². The first-order valence-electron chi connectivity index (χ1n) is 9.43. The average molecular weight is 374 g/mol. The van der Waals surface area contributed by atoms with Gasteiger partial charge in [0.2, 0.25) is 5.91 Å². The molecule has 1 aliphatic heterocycles. The molecule has 6 heteroatoms. The lowest BCUT2D eigenvalue weighted by molar-refractivity contribution is -0.160. The number of esters is 1. The van der Waals surface area contributed by atoms with Crippen molar-refractivity contribution in [2.24, 2.45) is 11.3 Å². The molecule has 1 aliphatic rings. The number of likely N-dealkylation sites (tertiary alicyclic amines) is 1. The summed E-state index contributed by atoms with van der Waals surface area (Å²) in [4.78, 5) is 40.6. The fourth-order valence-corrected chi connectivity index (χ4v) is 3.17. The topological polar surface area (TPSA) is 66.9 Å². The third-order valence-electron chi connectivity index (χ3n) is 4.87. The van der Waals surface area contributed by atoms with E-state index >= 15 is 0 Å². The highest BCUT2D eigenvalue weighted by molar-refractivity contribution is 5.97. The SMILES string of the molecule is CC(OC(=O)C1CCN(C(=O)C(C)(C)C)CC1)C(=O)N(C)c1ccccc1. The molecule has 1 heterocycles. The van der Waals surface area contributed by atoms with Crippen LogP contribution in [-0.2, 0) is 19.1 Å². The number of carbonyl (C=O) groups excluding carboxylic acids is 3. The molecular formula is C21H30N2O4. The molecule has 0 bridgehead atoms. The lowest BCUT2D eigenvalue weighted by Crippen LogP contribution is -2.46. The number of piperidine rings is 1. The van der Waals surface area contributed by atoms with Crippen molar-refractivity contribution in [3.8, 4) is 0 Å². The molecule has 148 valence electrons. The Hall–Kier alpha value is -2.37. The van der Waals surface area contributed by atoms with Crippen molar-refractivity contribution in [1.29, 1.82) is 0 Å². The quantitative estimate of drug-likeness (QED) is 0.760. The predicted molar refractivity (Wildman–Crippen MR) is 104 cm³/mol. The highest BCUT2D eigenvalue weighted by Gasteiger charge is 2.34. The summed E-state index contributed by atoms with van der Waals surface area (Å²) in [6, 6.07) is 9.23. The number of likely N-dealkylation sites (N-methyl/N-ethyl adjacent to an activating group) is 1. The highest BCUT2D eigenvalue weighted by atomic mass is 16.5. The number of ether oxygens (including phenoxy) is 1. The largest absolute Gasteiger partial charge is 0.452 e. The van der Waals surface area contributed by atoms with Gasteiger partial charge < -0.3 is 14.5 Å². The Morgan fingerprint density at radius 3 is 2.19 bits per heavy atom.